The molecule has 0 aromatic carbocycles. The van der Waals surface area contributed by atoms with E-state index in [1.807, 2.05) is 0 Å². The molecule has 0 heterocycles. The minimum atomic E-state index is -0.641. The largest absolute Gasteiger partial charge is 0.384 e. The first-order valence-electron chi connectivity index (χ1n) is 2.54. The molecule has 0 spiro atoms. The highest BCUT2D eigenvalue weighted by molar-refractivity contribution is 5.26. The molecule has 0 bridgehead atoms. The number of hydrogen-bond donors (Lipinski definition) is 2. The zero-order valence-corrected chi connectivity index (χ0v) is 5.18. The Hall–Kier alpha value is -0.960. The van der Waals surface area contributed by atoms with E-state index in [9.17, 15) is 0 Å². The molecule has 2 heteroatoms. The van der Waals surface area contributed by atoms with Gasteiger partial charge in [0.15, 0.2) is 0 Å². The van der Waals surface area contributed by atoms with E-state index in [-0.39, 0.29) is 6.61 Å². The summed E-state index contributed by atoms with van der Waals surface area (Å²) in [6, 6.07) is 0. The van der Waals surface area contributed by atoms with Gasteiger partial charge in [-0.1, -0.05) is 11.8 Å². The predicted molar refractivity (Wildman–Crippen MR) is 34.3 cm³/mol. The van der Waals surface area contributed by atoms with Crippen LogP contribution in [0, 0.1) is 23.7 Å². The summed E-state index contributed by atoms with van der Waals surface area (Å²) >= 11 is 0. The van der Waals surface area contributed by atoms with Crippen LogP contribution in [0.5, 0.6) is 0 Å². The van der Waals surface area contributed by atoms with E-state index in [4.69, 9.17) is 10.2 Å². The number of aliphatic hydroxyl groups is 2. The molecule has 0 saturated heterocycles. The highest BCUT2D eigenvalue weighted by Gasteiger charge is 1.78. The maximum Gasteiger partial charge on any atom is 0.112 e. The third-order valence-electron chi connectivity index (χ3n) is 0.511. The molecule has 0 aliphatic rings. The Morgan fingerprint density at radius 2 is 2.11 bits per heavy atom. The summed E-state index contributed by atoms with van der Waals surface area (Å²) in [6.07, 6.45) is -0.641. The van der Waals surface area contributed by atoms with E-state index in [2.05, 4.69) is 23.7 Å². The Balaban J connectivity index is 3.61. The fourth-order valence-corrected chi connectivity index (χ4v) is 0.224. The highest BCUT2D eigenvalue weighted by atomic mass is 16.3. The summed E-state index contributed by atoms with van der Waals surface area (Å²) in [7, 11) is 0. The van der Waals surface area contributed by atoms with Crippen LogP contribution in [0.25, 0.3) is 0 Å². The van der Waals surface area contributed by atoms with Crippen LogP contribution in [-0.2, 0) is 0 Å². The number of aliphatic hydroxyl groups excluding tert-OH is 2. The lowest BCUT2D eigenvalue weighted by atomic mass is 10.4. The van der Waals surface area contributed by atoms with Gasteiger partial charge < -0.3 is 10.2 Å². The third-order valence-corrected chi connectivity index (χ3v) is 0.511. The van der Waals surface area contributed by atoms with E-state index >= 15 is 0 Å². The van der Waals surface area contributed by atoms with Crippen molar-refractivity contribution in [2.75, 3.05) is 6.61 Å². The quantitative estimate of drug-likeness (QED) is 0.422. The van der Waals surface area contributed by atoms with Crippen LogP contribution in [0.3, 0.4) is 0 Å². The first kappa shape index (κ1) is 8.04. The van der Waals surface area contributed by atoms with Crippen molar-refractivity contribution in [3.63, 3.8) is 0 Å². The summed E-state index contributed by atoms with van der Waals surface area (Å²) in [4.78, 5) is 0. The minimum absolute atomic E-state index is 0.186. The Morgan fingerprint density at radius 3 is 2.56 bits per heavy atom. The second kappa shape index (κ2) is 5.18. The van der Waals surface area contributed by atoms with E-state index in [0.29, 0.717) is 0 Å². The molecule has 0 radical (unpaired) electrons. The van der Waals surface area contributed by atoms with Crippen molar-refractivity contribution >= 4 is 0 Å². The SMILES string of the molecule is CC(O)C#CC#CCO. The van der Waals surface area contributed by atoms with Gasteiger partial charge in [-0.05, 0) is 18.8 Å². The molecule has 48 valence electrons. The summed E-state index contributed by atoms with van der Waals surface area (Å²) < 4.78 is 0. The van der Waals surface area contributed by atoms with Gasteiger partial charge in [-0.15, -0.1) is 0 Å². The van der Waals surface area contributed by atoms with Crippen LogP contribution < -0.4 is 0 Å². The second-order valence-corrected chi connectivity index (χ2v) is 1.41. The Labute approximate surface area is 54.5 Å². The normalized spacial score (nSPS) is 10.1. The smallest absolute Gasteiger partial charge is 0.112 e. The van der Waals surface area contributed by atoms with Crippen LogP contribution in [0.15, 0.2) is 0 Å². The van der Waals surface area contributed by atoms with Gasteiger partial charge in [0.1, 0.15) is 12.7 Å². The highest BCUT2D eigenvalue weighted by Crippen LogP contribution is 1.70. The Morgan fingerprint density at radius 1 is 1.44 bits per heavy atom. The zero-order valence-electron chi connectivity index (χ0n) is 5.18. The summed E-state index contributed by atoms with van der Waals surface area (Å²) in [5.74, 6) is 9.44. The van der Waals surface area contributed by atoms with Crippen molar-refractivity contribution in [1.29, 1.82) is 0 Å². The van der Waals surface area contributed by atoms with Crippen LogP contribution >= 0.6 is 0 Å². The molecule has 1 atom stereocenters. The molecule has 1 unspecified atom stereocenters. The standard InChI is InChI=1S/C7H8O2/c1-7(9)5-3-2-4-6-8/h7-9H,6H2,1H3. The maximum absolute atomic E-state index is 8.55. The van der Waals surface area contributed by atoms with Crippen LogP contribution in [0.2, 0.25) is 0 Å². The van der Waals surface area contributed by atoms with E-state index in [1.165, 1.54) is 0 Å². The van der Waals surface area contributed by atoms with Gasteiger partial charge in [-0.25, -0.2) is 0 Å². The molecule has 0 saturated carbocycles. The number of rotatable bonds is 0. The topological polar surface area (TPSA) is 40.5 Å². The Kier molecular flexibility index (Phi) is 4.63. The second-order valence-electron chi connectivity index (χ2n) is 1.41. The fourth-order valence-electron chi connectivity index (χ4n) is 0.224. The van der Waals surface area contributed by atoms with Crippen molar-refractivity contribution in [3.8, 4) is 23.7 Å². The molecule has 0 aliphatic heterocycles. The third kappa shape index (κ3) is 7.04. The lowest BCUT2D eigenvalue weighted by Crippen LogP contribution is -1.91. The van der Waals surface area contributed by atoms with Crippen molar-refractivity contribution in [3.05, 3.63) is 0 Å². The van der Waals surface area contributed by atoms with Crippen molar-refractivity contribution in [2.24, 2.45) is 0 Å². The lowest BCUT2D eigenvalue weighted by Gasteiger charge is -1.82. The number of hydrogen-bond acceptors (Lipinski definition) is 2. The minimum Gasteiger partial charge on any atom is -0.384 e. The molecular formula is C7H8O2. The van der Waals surface area contributed by atoms with Crippen LogP contribution in [0.1, 0.15) is 6.92 Å². The van der Waals surface area contributed by atoms with Gasteiger partial charge in [0.2, 0.25) is 0 Å². The van der Waals surface area contributed by atoms with Gasteiger partial charge in [0.05, 0.1) is 0 Å². The van der Waals surface area contributed by atoms with E-state index in [0.717, 1.165) is 0 Å². The first-order chi connectivity index (χ1) is 4.27. The molecule has 0 aromatic rings. The van der Waals surface area contributed by atoms with Gasteiger partial charge in [-0.3, -0.25) is 0 Å². The molecule has 0 aromatic heterocycles. The van der Waals surface area contributed by atoms with E-state index < -0.39 is 6.10 Å². The molecule has 9 heavy (non-hydrogen) atoms. The van der Waals surface area contributed by atoms with Gasteiger partial charge in [-0.2, -0.15) is 0 Å². The predicted octanol–water partition coefficient (Wildman–Crippen LogP) is -0.634. The lowest BCUT2D eigenvalue weighted by molar-refractivity contribution is 0.253. The summed E-state index contributed by atoms with van der Waals surface area (Å²) in [5, 5.41) is 16.7. The van der Waals surface area contributed by atoms with Crippen LogP contribution in [-0.4, -0.2) is 22.9 Å². The Bertz CT molecular complexity index is 173. The average molecular weight is 124 g/mol. The molecule has 0 amide bonds. The monoisotopic (exact) mass is 124 g/mol. The van der Waals surface area contributed by atoms with Gasteiger partial charge in [0, 0.05) is 0 Å². The molecule has 2 nitrogen and oxygen atoms in total. The van der Waals surface area contributed by atoms with Crippen molar-refractivity contribution in [2.45, 2.75) is 13.0 Å². The van der Waals surface area contributed by atoms with Crippen molar-refractivity contribution in [1.82, 2.24) is 0 Å². The van der Waals surface area contributed by atoms with Gasteiger partial charge in [0.25, 0.3) is 0 Å². The van der Waals surface area contributed by atoms with Crippen molar-refractivity contribution < 1.29 is 10.2 Å². The molecular weight excluding hydrogens is 116 g/mol. The molecule has 0 fully saturated rings. The molecule has 2 N–H and O–H groups in total. The maximum atomic E-state index is 8.55. The summed E-state index contributed by atoms with van der Waals surface area (Å²) in [5.41, 5.74) is 0. The first-order valence-corrected chi connectivity index (χ1v) is 2.54. The average Bonchev–Trinajstić information content (AvgIpc) is 1.80. The molecule has 0 rings (SSSR count). The van der Waals surface area contributed by atoms with Crippen LogP contribution in [0.4, 0.5) is 0 Å². The zero-order chi connectivity index (χ0) is 7.11. The fraction of sp³-hybridized carbons (Fsp3) is 0.429. The molecule has 0 aliphatic carbocycles. The van der Waals surface area contributed by atoms with E-state index in [1.54, 1.807) is 6.92 Å². The summed E-state index contributed by atoms with van der Waals surface area (Å²) in [6.45, 7) is 1.36. The van der Waals surface area contributed by atoms with Gasteiger partial charge >= 0.3 is 0 Å².